The standard InChI is InChI=1S/C17H26O3/c1-3-5-9-13-20-17(18)16(14-19-12-4-2)15-10-7-6-8-11-15/h6-8,10-11,16H,3-5,9,12-14H2,1-2H3. The number of carbonyl (C=O) groups is 1. The highest BCUT2D eigenvalue weighted by Gasteiger charge is 2.22. The number of ether oxygens (including phenoxy) is 2. The molecule has 0 radical (unpaired) electrons. The van der Waals surface area contributed by atoms with Gasteiger partial charge in [0.2, 0.25) is 0 Å². The molecule has 3 heteroatoms. The summed E-state index contributed by atoms with van der Waals surface area (Å²) in [6.07, 6.45) is 4.10. The lowest BCUT2D eigenvalue weighted by Gasteiger charge is -2.16. The van der Waals surface area contributed by atoms with E-state index >= 15 is 0 Å². The van der Waals surface area contributed by atoms with Crippen LogP contribution in [-0.2, 0) is 14.3 Å². The summed E-state index contributed by atoms with van der Waals surface area (Å²) in [7, 11) is 0. The van der Waals surface area contributed by atoms with Gasteiger partial charge in [-0.3, -0.25) is 4.79 Å². The van der Waals surface area contributed by atoms with Crippen LogP contribution in [0.2, 0.25) is 0 Å². The van der Waals surface area contributed by atoms with Crippen molar-refractivity contribution in [3.63, 3.8) is 0 Å². The van der Waals surface area contributed by atoms with Crippen LogP contribution in [0.4, 0.5) is 0 Å². The van der Waals surface area contributed by atoms with Gasteiger partial charge in [-0.15, -0.1) is 0 Å². The van der Waals surface area contributed by atoms with E-state index in [-0.39, 0.29) is 11.9 Å². The third-order valence-electron chi connectivity index (χ3n) is 3.11. The summed E-state index contributed by atoms with van der Waals surface area (Å²) < 4.78 is 10.9. The van der Waals surface area contributed by atoms with Crippen molar-refractivity contribution in [1.29, 1.82) is 0 Å². The van der Waals surface area contributed by atoms with Gasteiger partial charge in [-0.25, -0.2) is 0 Å². The SMILES string of the molecule is CCCCCOC(=O)C(COCCC)c1ccccc1. The molecule has 0 aliphatic rings. The molecule has 1 aromatic rings. The molecule has 0 aromatic heterocycles. The van der Waals surface area contributed by atoms with E-state index in [0.29, 0.717) is 19.8 Å². The molecule has 0 saturated heterocycles. The summed E-state index contributed by atoms with van der Waals surface area (Å²) in [6.45, 7) is 5.76. The van der Waals surface area contributed by atoms with Crippen LogP contribution in [0.5, 0.6) is 0 Å². The highest BCUT2D eigenvalue weighted by atomic mass is 16.5. The Morgan fingerprint density at radius 1 is 1.05 bits per heavy atom. The maximum absolute atomic E-state index is 12.2. The molecule has 0 aliphatic heterocycles. The first-order valence-corrected chi connectivity index (χ1v) is 7.58. The Labute approximate surface area is 122 Å². The Morgan fingerprint density at radius 2 is 1.80 bits per heavy atom. The number of esters is 1. The molecule has 1 rings (SSSR count). The second-order valence-corrected chi connectivity index (χ2v) is 4.91. The smallest absolute Gasteiger partial charge is 0.315 e. The largest absolute Gasteiger partial charge is 0.465 e. The minimum atomic E-state index is -0.315. The maximum atomic E-state index is 12.2. The van der Waals surface area contributed by atoms with E-state index in [9.17, 15) is 4.79 Å². The average Bonchev–Trinajstić information content (AvgIpc) is 2.49. The van der Waals surface area contributed by atoms with E-state index in [1.807, 2.05) is 30.3 Å². The van der Waals surface area contributed by atoms with Crippen LogP contribution in [0.3, 0.4) is 0 Å². The number of hydrogen-bond acceptors (Lipinski definition) is 3. The molecule has 0 saturated carbocycles. The quantitative estimate of drug-likeness (QED) is 0.480. The van der Waals surface area contributed by atoms with Crippen molar-refractivity contribution in [2.75, 3.05) is 19.8 Å². The van der Waals surface area contributed by atoms with E-state index in [1.165, 1.54) is 0 Å². The third kappa shape index (κ3) is 6.20. The van der Waals surface area contributed by atoms with Crippen molar-refractivity contribution in [1.82, 2.24) is 0 Å². The van der Waals surface area contributed by atoms with Crippen LogP contribution in [-0.4, -0.2) is 25.8 Å². The van der Waals surface area contributed by atoms with Crippen LogP contribution in [0, 0.1) is 0 Å². The number of hydrogen-bond donors (Lipinski definition) is 0. The van der Waals surface area contributed by atoms with Gasteiger partial charge >= 0.3 is 5.97 Å². The molecule has 1 aromatic carbocycles. The topological polar surface area (TPSA) is 35.5 Å². The molecular formula is C17H26O3. The molecular weight excluding hydrogens is 252 g/mol. The number of unbranched alkanes of at least 4 members (excludes halogenated alkanes) is 2. The van der Waals surface area contributed by atoms with Gasteiger partial charge in [0.25, 0.3) is 0 Å². The van der Waals surface area contributed by atoms with Gasteiger partial charge < -0.3 is 9.47 Å². The predicted octanol–water partition coefficient (Wildman–Crippen LogP) is 3.93. The second kappa shape index (κ2) is 10.4. The molecule has 0 N–H and O–H groups in total. The van der Waals surface area contributed by atoms with Crippen molar-refractivity contribution < 1.29 is 14.3 Å². The molecule has 20 heavy (non-hydrogen) atoms. The van der Waals surface area contributed by atoms with Crippen molar-refractivity contribution in [2.24, 2.45) is 0 Å². The summed E-state index contributed by atoms with van der Waals surface area (Å²) >= 11 is 0. The minimum Gasteiger partial charge on any atom is -0.465 e. The second-order valence-electron chi connectivity index (χ2n) is 4.91. The molecule has 0 aliphatic carbocycles. The lowest BCUT2D eigenvalue weighted by atomic mass is 10.0. The monoisotopic (exact) mass is 278 g/mol. The Morgan fingerprint density at radius 3 is 2.45 bits per heavy atom. The Hall–Kier alpha value is -1.35. The molecule has 0 fully saturated rings. The Balaban J connectivity index is 2.55. The van der Waals surface area contributed by atoms with Gasteiger partial charge in [-0.05, 0) is 18.4 Å². The van der Waals surface area contributed by atoms with E-state index in [2.05, 4.69) is 13.8 Å². The van der Waals surface area contributed by atoms with Crippen LogP contribution in [0.15, 0.2) is 30.3 Å². The van der Waals surface area contributed by atoms with Gasteiger partial charge in [0.1, 0.15) is 5.92 Å². The zero-order valence-electron chi connectivity index (χ0n) is 12.6. The lowest BCUT2D eigenvalue weighted by molar-refractivity contribution is -0.147. The van der Waals surface area contributed by atoms with Crippen molar-refractivity contribution in [2.45, 2.75) is 45.4 Å². The first-order chi connectivity index (χ1) is 9.79. The molecule has 0 heterocycles. The fourth-order valence-electron chi connectivity index (χ4n) is 1.96. The predicted molar refractivity (Wildman–Crippen MR) is 80.8 cm³/mol. The Kier molecular flexibility index (Phi) is 8.72. The summed E-state index contributed by atoms with van der Waals surface area (Å²) in [6, 6.07) is 9.72. The average molecular weight is 278 g/mol. The molecule has 1 atom stereocenters. The van der Waals surface area contributed by atoms with Crippen molar-refractivity contribution in [3.05, 3.63) is 35.9 Å². The van der Waals surface area contributed by atoms with E-state index in [1.54, 1.807) is 0 Å². The van der Waals surface area contributed by atoms with Crippen LogP contribution in [0.1, 0.15) is 51.0 Å². The van der Waals surface area contributed by atoms with E-state index in [0.717, 1.165) is 31.2 Å². The van der Waals surface area contributed by atoms with Crippen molar-refractivity contribution in [3.8, 4) is 0 Å². The van der Waals surface area contributed by atoms with Gasteiger partial charge in [0.15, 0.2) is 0 Å². The number of benzene rings is 1. The fraction of sp³-hybridized carbons (Fsp3) is 0.588. The van der Waals surface area contributed by atoms with Crippen LogP contribution >= 0.6 is 0 Å². The molecule has 0 amide bonds. The highest BCUT2D eigenvalue weighted by molar-refractivity contribution is 5.78. The lowest BCUT2D eigenvalue weighted by Crippen LogP contribution is -2.21. The van der Waals surface area contributed by atoms with Crippen LogP contribution in [0.25, 0.3) is 0 Å². The summed E-state index contributed by atoms with van der Waals surface area (Å²) in [5.41, 5.74) is 0.962. The van der Waals surface area contributed by atoms with Crippen LogP contribution < -0.4 is 0 Å². The van der Waals surface area contributed by atoms with Crippen molar-refractivity contribution >= 4 is 5.97 Å². The maximum Gasteiger partial charge on any atom is 0.315 e. The first kappa shape index (κ1) is 16.7. The van der Waals surface area contributed by atoms with Gasteiger partial charge in [0, 0.05) is 6.61 Å². The first-order valence-electron chi connectivity index (χ1n) is 7.58. The molecule has 0 bridgehead atoms. The number of rotatable bonds is 10. The summed E-state index contributed by atoms with van der Waals surface area (Å²) in [5, 5.41) is 0. The van der Waals surface area contributed by atoms with E-state index in [4.69, 9.17) is 9.47 Å². The molecule has 0 spiro atoms. The van der Waals surface area contributed by atoms with Gasteiger partial charge in [0.05, 0.1) is 13.2 Å². The van der Waals surface area contributed by atoms with E-state index < -0.39 is 0 Å². The zero-order valence-corrected chi connectivity index (χ0v) is 12.6. The zero-order chi connectivity index (χ0) is 14.6. The third-order valence-corrected chi connectivity index (χ3v) is 3.11. The molecule has 3 nitrogen and oxygen atoms in total. The summed E-state index contributed by atoms with van der Waals surface area (Å²) in [5.74, 6) is -0.493. The number of carbonyl (C=O) groups excluding carboxylic acids is 1. The molecule has 112 valence electrons. The highest BCUT2D eigenvalue weighted by Crippen LogP contribution is 2.18. The normalized spacial score (nSPS) is 12.1. The van der Waals surface area contributed by atoms with Gasteiger partial charge in [-0.1, -0.05) is 57.0 Å². The molecule has 1 unspecified atom stereocenters. The minimum absolute atomic E-state index is 0.177. The summed E-state index contributed by atoms with van der Waals surface area (Å²) in [4.78, 5) is 12.2. The fourth-order valence-corrected chi connectivity index (χ4v) is 1.96. The Bertz CT molecular complexity index is 362. The van der Waals surface area contributed by atoms with Gasteiger partial charge in [-0.2, -0.15) is 0 Å².